The molecule has 2 aromatic rings. The van der Waals surface area contributed by atoms with Crippen LogP contribution in [0.4, 0.5) is 13.2 Å². The van der Waals surface area contributed by atoms with Gasteiger partial charge in [0.1, 0.15) is 5.56 Å². The van der Waals surface area contributed by atoms with Crippen molar-refractivity contribution in [1.82, 2.24) is 10.5 Å². The molecule has 1 aromatic carbocycles. The molecule has 0 atom stereocenters. The number of hydrogen-bond donors (Lipinski definition) is 2. The number of pyridine rings is 1. The lowest BCUT2D eigenvalue weighted by molar-refractivity contribution is -0.274. The van der Waals surface area contributed by atoms with Gasteiger partial charge in [-0.3, -0.25) is 14.4 Å². The number of carbonyl (C=O) groups excluding carboxylic acids is 1. The van der Waals surface area contributed by atoms with Crippen molar-refractivity contribution in [3.05, 3.63) is 40.2 Å². The van der Waals surface area contributed by atoms with Gasteiger partial charge in [0.2, 0.25) is 5.43 Å². The summed E-state index contributed by atoms with van der Waals surface area (Å²) in [5, 5.41) is -0.111. The molecule has 0 spiro atoms. The number of amides is 1. The highest BCUT2D eigenvalue weighted by atomic mass is 19.4. The van der Waals surface area contributed by atoms with E-state index in [0.717, 1.165) is 12.3 Å². The molecule has 0 aliphatic carbocycles. The molecule has 0 fully saturated rings. The zero-order chi connectivity index (χ0) is 15.6. The third kappa shape index (κ3) is 3.14. The second-order valence-corrected chi connectivity index (χ2v) is 3.89. The van der Waals surface area contributed by atoms with Crippen LogP contribution < -0.4 is 15.6 Å². The standard InChI is InChI=1S/C12H9F3N2O4/c1-20-17-11(19)7-5-16-9-6(10(7)18)3-2-4-8(9)21-12(13,14)15/h2-5H,1H3,(H,16,18)(H,17,19). The highest BCUT2D eigenvalue weighted by molar-refractivity contribution is 5.97. The number of alkyl halides is 3. The van der Waals surface area contributed by atoms with Gasteiger partial charge in [0.15, 0.2) is 5.75 Å². The smallest absolute Gasteiger partial charge is 0.404 e. The van der Waals surface area contributed by atoms with Crippen LogP contribution in [0.25, 0.3) is 10.9 Å². The number of H-pyrrole nitrogens is 1. The summed E-state index contributed by atoms with van der Waals surface area (Å²) in [6, 6.07) is 3.55. The molecule has 1 amide bonds. The number of carbonyl (C=O) groups is 1. The Labute approximate surface area is 115 Å². The van der Waals surface area contributed by atoms with E-state index >= 15 is 0 Å². The molecule has 1 heterocycles. The fraction of sp³-hybridized carbons (Fsp3) is 0.167. The average molecular weight is 302 g/mol. The molecule has 0 radical (unpaired) electrons. The molecule has 0 saturated carbocycles. The van der Waals surface area contributed by atoms with Crippen molar-refractivity contribution >= 4 is 16.8 Å². The Morgan fingerprint density at radius 2 is 2.05 bits per heavy atom. The Kier molecular flexibility index (Phi) is 3.85. The van der Waals surface area contributed by atoms with Gasteiger partial charge in [-0.15, -0.1) is 13.2 Å². The third-order valence-corrected chi connectivity index (χ3v) is 2.54. The van der Waals surface area contributed by atoms with Crippen LogP contribution in [0, 0.1) is 0 Å². The number of rotatable bonds is 3. The predicted molar refractivity (Wildman–Crippen MR) is 65.7 cm³/mol. The number of aromatic nitrogens is 1. The maximum atomic E-state index is 12.3. The monoisotopic (exact) mass is 302 g/mol. The molecule has 0 unspecified atom stereocenters. The van der Waals surface area contributed by atoms with E-state index in [1.54, 1.807) is 0 Å². The molecule has 0 aliphatic heterocycles. The minimum atomic E-state index is -4.89. The first kappa shape index (κ1) is 14.9. The van der Waals surface area contributed by atoms with E-state index in [1.807, 2.05) is 5.48 Å². The second kappa shape index (κ2) is 5.44. The van der Waals surface area contributed by atoms with E-state index in [4.69, 9.17) is 0 Å². The highest BCUT2D eigenvalue weighted by Crippen LogP contribution is 2.27. The Morgan fingerprint density at radius 3 is 2.67 bits per heavy atom. The number of ether oxygens (including phenoxy) is 1. The number of hydroxylamine groups is 1. The van der Waals surface area contributed by atoms with Gasteiger partial charge in [-0.2, -0.15) is 0 Å². The number of benzene rings is 1. The molecule has 2 rings (SSSR count). The van der Waals surface area contributed by atoms with Gasteiger partial charge in [0.25, 0.3) is 5.91 Å². The molecule has 6 nitrogen and oxygen atoms in total. The van der Waals surface area contributed by atoms with E-state index in [2.05, 4.69) is 14.6 Å². The topological polar surface area (TPSA) is 80.4 Å². The van der Waals surface area contributed by atoms with E-state index in [-0.39, 0.29) is 16.5 Å². The summed E-state index contributed by atoms with van der Waals surface area (Å²) in [6.45, 7) is 0. The van der Waals surface area contributed by atoms with Crippen LogP contribution in [0.2, 0.25) is 0 Å². The molecule has 112 valence electrons. The van der Waals surface area contributed by atoms with Crippen molar-refractivity contribution in [2.24, 2.45) is 0 Å². The molecule has 0 saturated heterocycles. The van der Waals surface area contributed by atoms with Crippen LogP contribution in [-0.4, -0.2) is 24.4 Å². The summed E-state index contributed by atoms with van der Waals surface area (Å²) in [5.74, 6) is -1.38. The Balaban J connectivity index is 2.58. The zero-order valence-electron chi connectivity index (χ0n) is 10.6. The third-order valence-electron chi connectivity index (χ3n) is 2.54. The summed E-state index contributed by atoms with van der Waals surface area (Å²) in [7, 11) is 1.18. The normalized spacial score (nSPS) is 11.4. The second-order valence-electron chi connectivity index (χ2n) is 3.89. The minimum absolute atomic E-state index is 0.111. The first-order valence-corrected chi connectivity index (χ1v) is 5.57. The number of hydrogen-bond acceptors (Lipinski definition) is 4. The fourth-order valence-corrected chi connectivity index (χ4v) is 1.75. The summed E-state index contributed by atoms with van der Waals surface area (Å²) in [6.07, 6.45) is -3.90. The van der Waals surface area contributed by atoms with Crippen molar-refractivity contribution in [2.75, 3.05) is 7.11 Å². The van der Waals surface area contributed by atoms with Crippen LogP contribution in [-0.2, 0) is 4.84 Å². The van der Waals surface area contributed by atoms with Gasteiger partial charge in [-0.05, 0) is 12.1 Å². The van der Waals surface area contributed by atoms with Gasteiger partial charge in [-0.1, -0.05) is 6.07 Å². The fourth-order valence-electron chi connectivity index (χ4n) is 1.75. The van der Waals surface area contributed by atoms with Crippen LogP contribution >= 0.6 is 0 Å². The number of aromatic amines is 1. The van der Waals surface area contributed by atoms with Crippen LogP contribution in [0.5, 0.6) is 5.75 Å². The lowest BCUT2D eigenvalue weighted by Crippen LogP contribution is -2.28. The molecular formula is C12H9F3N2O4. The summed E-state index contributed by atoms with van der Waals surface area (Å²) in [4.78, 5) is 30.5. The maximum absolute atomic E-state index is 12.3. The van der Waals surface area contributed by atoms with Crippen molar-refractivity contribution < 1.29 is 27.5 Å². The lowest BCUT2D eigenvalue weighted by Gasteiger charge is -2.11. The molecule has 0 bridgehead atoms. The Morgan fingerprint density at radius 1 is 1.33 bits per heavy atom. The van der Waals surface area contributed by atoms with Crippen LogP contribution in [0.1, 0.15) is 10.4 Å². The van der Waals surface area contributed by atoms with Crippen molar-refractivity contribution in [1.29, 1.82) is 0 Å². The molecule has 9 heteroatoms. The number of fused-ring (bicyclic) bond motifs is 1. The van der Waals surface area contributed by atoms with Crippen LogP contribution in [0.3, 0.4) is 0 Å². The Bertz CT molecular complexity index is 739. The minimum Gasteiger partial charge on any atom is -0.404 e. The van der Waals surface area contributed by atoms with Crippen molar-refractivity contribution in [3.8, 4) is 5.75 Å². The first-order valence-electron chi connectivity index (χ1n) is 5.57. The van der Waals surface area contributed by atoms with Gasteiger partial charge >= 0.3 is 6.36 Å². The quantitative estimate of drug-likeness (QED) is 0.846. The van der Waals surface area contributed by atoms with Gasteiger partial charge in [0.05, 0.1) is 18.0 Å². The van der Waals surface area contributed by atoms with Crippen LogP contribution in [0.15, 0.2) is 29.2 Å². The maximum Gasteiger partial charge on any atom is 0.573 e. The van der Waals surface area contributed by atoms with E-state index in [9.17, 15) is 22.8 Å². The summed E-state index contributed by atoms with van der Waals surface area (Å²) >= 11 is 0. The first-order chi connectivity index (χ1) is 9.83. The number of halogens is 3. The summed E-state index contributed by atoms with van der Waals surface area (Å²) < 4.78 is 40.7. The molecular weight excluding hydrogens is 293 g/mol. The zero-order valence-corrected chi connectivity index (χ0v) is 10.6. The molecule has 21 heavy (non-hydrogen) atoms. The number of nitrogens with one attached hydrogen (secondary N) is 2. The SMILES string of the molecule is CONC(=O)c1c[nH]c2c(OC(F)(F)F)cccc2c1=O. The van der Waals surface area contributed by atoms with Crippen molar-refractivity contribution in [2.45, 2.75) is 6.36 Å². The molecule has 1 aromatic heterocycles. The highest BCUT2D eigenvalue weighted by Gasteiger charge is 2.32. The van der Waals surface area contributed by atoms with Gasteiger partial charge in [-0.25, -0.2) is 5.48 Å². The molecule has 2 N–H and O–H groups in total. The van der Waals surface area contributed by atoms with Gasteiger partial charge < -0.3 is 9.72 Å². The summed E-state index contributed by atoms with van der Waals surface area (Å²) in [5.41, 5.74) is 0.749. The van der Waals surface area contributed by atoms with E-state index < -0.39 is 23.4 Å². The molecule has 0 aliphatic rings. The lowest BCUT2D eigenvalue weighted by atomic mass is 10.1. The van der Waals surface area contributed by atoms with Crippen molar-refractivity contribution in [3.63, 3.8) is 0 Å². The number of para-hydroxylation sites is 1. The average Bonchev–Trinajstić information content (AvgIpc) is 2.38. The van der Waals surface area contributed by atoms with Gasteiger partial charge in [0, 0.05) is 6.20 Å². The largest absolute Gasteiger partial charge is 0.573 e. The van der Waals surface area contributed by atoms with E-state index in [0.29, 0.717) is 0 Å². The predicted octanol–water partition coefficient (Wildman–Crippen LogP) is 1.72. The van der Waals surface area contributed by atoms with E-state index in [1.165, 1.54) is 19.2 Å². The Hall–Kier alpha value is -2.55.